The van der Waals surface area contributed by atoms with Crippen LogP contribution in [0.4, 0.5) is 0 Å². The van der Waals surface area contributed by atoms with Crippen molar-refractivity contribution in [2.75, 3.05) is 13.7 Å². The lowest BCUT2D eigenvalue weighted by Gasteiger charge is -2.22. The molecule has 1 atom stereocenters. The van der Waals surface area contributed by atoms with E-state index < -0.39 is 0 Å². The number of nitrogens with one attached hydrogen (secondary N) is 1. The van der Waals surface area contributed by atoms with Gasteiger partial charge in [-0.2, -0.15) is 0 Å². The predicted octanol–water partition coefficient (Wildman–Crippen LogP) is 2.20. The van der Waals surface area contributed by atoms with Crippen LogP contribution in [0, 0.1) is 19.8 Å². The summed E-state index contributed by atoms with van der Waals surface area (Å²) in [5.74, 6) is 1.40. The van der Waals surface area contributed by atoms with Crippen LogP contribution < -0.4 is 10.1 Å². The van der Waals surface area contributed by atoms with Gasteiger partial charge in [0.05, 0.1) is 12.8 Å². The Morgan fingerprint density at radius 1 is 1.37 bits per heavy atom. The Morgan fingerprint density at radius 3 is 2.58 bits per heavy atom. The van der Waals surface area contributed by atoms with Crippen LogP contribution in [0.5, 0.6) is 5.75 Å². The third-order valence-electron chi connectivity index (χ3n) is 3.53. The standard InChI is InChI=1S/C15H26N2O2/c1-10(2)13(6-7-18)17-9-14-12(4)15(19-5)11(3)8-16-14/h8,10,13,17-18H,6-7,9H2,1-5H3. The number of aryl methyl sites for hydroxylation is 1. The molecule has 0 spiro atoms. The molecular formula is C15H26N2O2. The highest BCUT2D eigenvalue weighted by Crippen LogP contribution is 2.24. The van der Waals surface area contributed by atoms with Crippen molar-refractivity contribution in [3.05, 3.63) is 23.0 Å². The van der Waals surface area contributed by atoms with Crippen molar-refractivity contribution >= 4 is 0 Å². The molecule has 1 rings (SSSR count). The maximum Gasteiger partial charge on any atom is 0.128 e. The Balaban J connectivity index is 2.77. The molecule has 1 heterocycles. The van der Waals surface area contributed by atoms with Gasteiger partial charge in [0.15, 0.2) is 0 Å². The minimum Gasteiger partial charge on any atom is -0.496 e. The van der Waals surface area contributed by atoms with Gasteiger partial charge < -0.3 is 15.2 Å². The molecule has 0 fully saturated rings. The van der Waals surface area contributed by atoms with Crippen LogP contribution in [0.25, 0.3) is 0 Å². The largest absolute Gasteiger partial charge is 0.496 e. The lowest BCUT2D eigenvalue weighted by atomic mass is 10.0. The fraction of sp³-hybridized carbons (Fsp3) is 0.667. The van der Waals surface area contributed by atoms with E-state index in [0.29, 0.717) is 18.5 Å². The third kappa shape index (κ3) is 4.18. The molecule has 19 heavy (non-hydrogen) atoms. The molecule has 0 saturated carbocycles. The molecule has 4 heteroatoms. The van der Waals surface area contributed by atoms with Crippen LogP contribution in [-0.2, 0) is 6.54 Å². The summed E-state index contributed by atoms with van der Waals surface area (Å²) in [5.41, 5.74) is 3.15. The minimum absolute atomic E-state index is 0.208. The molecule has 1 aromatic heterocycles. The molecule has 0 bridgehead atoms. The maximum atomic E-state index is 9.08. The second kappa shape index (κ2) is 7.46. The topological polar surface area (TPSA) is 54.4 Å². The number of aromatic nitrogens is 1. The highest BCUT2D eigenvalue weighted by Gasteiger charge is 2.14. The smallest absolute Gasteiger partial charge is 0.128 e. The monoisotopic (exact) mass is 266 g/mol. The lowest BCUT2D eigenvalue weighted by Crippen LogP contribution is -2.34. The van der Waals surface area contributed by atoms with Gasteiger partial charge in [0.25, 0.3) is 0 Å². The van der Waals surface area contributed by atoms with Crippen molar-refractivity contribution in [1.29, 1.82) is 0 Å². The Kier molecular flexibility index (Phi) is 6.25. The van der Waals surface area contributed by atoms with E-state index in [9.17, 15) is 0 Å². The molecule has 108 valence electrons. The summed E-state index contributed by atoms with van der Waals surface area (Å²) >= 11 is 0. The molecule has 1 unspecified atom stereocenters. The van der Waals surface area contributed by atoms with Crippen molar-refractivity contribution in [2.45, 2.75) is 46.7 Å². The fourth-order valence-corrected chi connectivity index (χ4v) is 2.29. The van der Waals surface area contributed by atoms with Gasteiger partial charge in [0, 0.05) is 36.5 Å². The summed E-state index contributed by atoms with van der Waals surface area (Å²) < 4.78 is 5.41. The summed E-state index contributed by atoms with van der Waals surface area (Å²) in [6.45, 7) is 9.25. The van der Waals surface area contributed by atoms with Gasteiger partial charge in [0.1, 0.15) is 5.75 Å². The van der Waals surface area contributed by atoms with E-state index in [4.69, 9.17) is 9.84 Å². The van der Waals surface area contributed by atoms with Gasteiger partial charge in [-0.25, -0.2) is 0 Å². The van der Waals surface area contributed by atoms with Gasteiger partial charge >= 0.3 is 0 Å². The molecule has 0 aliphatic heterocycles. The van der Waals surface area contributed by atoms with E-state index in [2.05, 4.69) is 24.1 Å². The quantitative estimate of drug-likeness (QED) is 0.794. The zero-order chi connectivity index (χ0) is 14.4. The van der Waals surface area contributed by atoms with Crippen molar-refractivity contribution < 1.29 is 9.84 Å². The highest BCUT2D eigenvalue weighted by atomic mass is 16.5. The molecule has 2 N–H and O–H groups in total. The van der Waals surface area contributed by atoms with Crippen LogP contribution in [0.2, 0.25) is 0 Å². The first-order chi connectivity index (χ1) is 9.01. The molecule has 0 aromatic carbocycles. The number of rotatable bonds is 7. The first-order valence-electron chi connectivity index (χ1n) is 6.84. The molecule has 0 aliphatic carbocycles. The lowest BCUT2D eigenvalue weighted by molar-refractivity contribution is 0.243. The summed E-state index contributed by atoms with van der Waals surface area (Å²) in [6.07, 6.45) is 2.61. The summed E-state index contributed by atoms with van der Waals surface area (Å²) in [5, 5.41) is 12.6. The van der Waals surface area contributed by atoms with E-state index >= 15 is 0 Å². The van der Waals surface area contributed by atoms with Crippen LogP contribution in [0.1, 0.15) is 37.1 Å². The normalized spacial score (nSPS) is 12.8. The van der Waals surface area contributed by atoms with E-state index in [-0.39, 0.29) is 6.61 Å². The molecule has 4 nitrogen and oxygen atoms in total. The summed E-state index contributed by atoms with van der Waals surface area (Å²) in [4.78, 5) is 4.47. The second-order valence-electron chi connectivity index (χ2n) is 5.29. The van der Waals surface area contributed by atoms with Crippen LogP contribution >= 0.6 is 0 Å². The van der Waals surface area contributed by atoms with Crippen molar-refractivity contribution in [3.63, 3.8) is 0 Å². The molecular weight excluding hydrogens is 240 g/mol. The van der Waals surface area contributed by atoms with E-state index in [0.717, 1.165) is 29.0 Å². The summed E-state index contributed by atoms with van der Waals surface area (Å²) in [7, 11) is 1.69. The van der Waals surface area contributed by atoms with Gasteiger partial charge in [-0.05, 0) is 26.2 Å². The number of hydrogen-bond donors (Lipinski definition) is 2. The first kappa shape index (κ1) is 15.9. The number of hydrogen-bond acceptors (Lipinski definition) is 4. The van der Waals surface area contributed by atoms with Gasteiger partial charge in [-0.15, -0.1) is 0 Å². The second-order valence-corrected chi connectivity index (χ2v) is 5.29. The zero-order valence-corrected chi connectivity index (χ0v) is 12.7. The number of pyridine rings is 1. The number of aliphatic hydroxyl groups is 1. The van der Waals surface area contributed by atoms with Gasteiger partial charge in [-0.1, -0.05) is 13.8 Å². The molecule has 0 amide bonds. The van der Waals surface area contributed by atoms with E-state index in [1.165, 1.54) is 0 Å². The maximum absolute atomic E-state index is 9.08. The minimum atomic E-state index is 0.208. The number of aliphatic hydroxyl groups excluding tert-OH is 1. The summed E-state index contributed by atoms with van der Waals surface area (Å²) in [6, 6.07) is 0.304. The van der Waals surface area contributed by atoms with E-state index in [1.807, 2.05) is 20.0 Å². The van der Waals surface area contributed by atoms with Gasteiger partial charge in [0.2, 0.25) is 0 Å². The van der Waals surface area contributed by atoms with Crippen LogP contribution in [-0.4, -0.2) is 29.8 Å². The van der Waals surface area contributed by atoms with Crippen molar-refractivity contribution in [1.82, 2.24) is 10.3 Å². The number of ether oxygens (including phenoxy) is 1. The third-order valence-corrected chi connectivity index (χ3v) is 3.53. The predicted molar refractivity (Wildman–Crippen MR) is 77.4 cm³/mol. The Bertz CT molecular complexity index is 405. The number of methoxy groups -OCH3 is 1. The highest BCUT2D eigenvalue weighted by molar-refractivity contribution is 5.40. The Hall–Kier alpha value is -1.13. The zero-order valence-electron chi connectivity index (χ0n) is 12.7. The molecule has 1 aromatic rings. The number of nitrogens with zero attached hydrogens (tertiary/aromatic N) is 1. The van der Waals surface area contributed by atoms with Crippen molar-refractivity contribution in [3.8, 4) is 5.75 Å². The molecule has 0 saturated heterocycles. The Labute approximate surface area is 116 Å². The van der Waals surface area contributed by atoms with E-state index in [1.54, 1.807) is 7.11 Å². The Morgan fingerprint density at radius 2 is 2.05 bits per heavy atom. The van der Waals surface area contributed by atoms with Crippen LogP contribution in [0.3, 0.4) is 0 Å². The van der Waals surface area contributed by atoms with Crippen LogP contribution in [0.15, 0.2) is 6.20 Å². The fourth-order valence-electron chi connectivity index (χ4n) is 2.29. The first-order valence-corrected chi connectivity index (χ1v) is 6.84. The average Bonchev–Trinajstić information content (AvgIpc) is 2.36. The van der Waals surface area contributed by atoms with Crippen molar-refractivity contribution in [2.24, 2.45) is 5.92 Å². The average molecular weight is 266 g/mol. The molecule has 0 radical (unpaired) electrons. The SMILES string of the molecule is COc1c(C)cnc(CNC(CCO)C(C)C)c1C. The molecule has 0 aliphatic rings. The van der Waals surface area contributed by atoms with Gasteiger partial charge in [-0.3, -0.25) is 4.98 Å².